The summed E-state index contributed by atoms with van der Waals surface area (Å²) in [5.74, 6) is -1.71. The van der Waals surface area contributed by atoms with Crippen molar-refractivity contribution in [1.82, 2.24) is 3.97 Å². The number of rotatable bonds is 4. The normalized spacial score (nSPS) is 11.5. The van der Waals surface area contributed by atoms with Crippen LogP contribution in [0.25, 0.3) is 10.9 Å². The first-order valence-corrected chi connectivity index (χ1v) is 11.1. The van der Waals surface area contributed by atoms with Gasteiger partial charge in [-0.15, -0.1) is 0 Å². The van der Waals surface area contributed by atoms with Gasteiger partial charge in [0.15, 0.2) is 11.6 Å². The van der Waals surface area contributed by atoms with E-state index in [0.29, 0.717) is 5.39 Å². The maximum atomic E-state index is 14.9. The van der Waals surface area contributed by atoms with Gasteiger partial charge in [0.25, 0.3) is 10.0 Å². The molecule has 0 atom stereocenters. The molecule has 3 aromatic carbocycles. The Balaban J connectivity index is 1.81. The fraction of sp³-hybridized carbons (Fsp3) is 0.0455. The second kappa shape index (κ2) is 7.80. The van der Waals surface area contributed by atoms with Crippen LogP contribution in [-0.2, 0) is 10.0 Å². The molecule has 9 heteroatoms. The summed E-state index contributed by atoms with van der Waals surface area (Å²) in [6.45, 7) is 1.84. The zero-order chi connectivity index (χ0) is 22.3. The van der Waals surface area contributed by atoms with Crippen molar-refractivity contribution < 1.29 is 21.9 Å². The molecule has 4 rings (SSSR count). The summed E-state index contributed by atoms with van der Waals surface area (Å²) >= 11 is 3.27. The third kappa shape index (κ3) is 3.69. The molecule has 0 bridgehead atoms. The topological polar surface area (TPSA) is 72.1 Å². The predicted molar refractivity (Wildman–Crippen MR) is 115 cm³/mol. The molecule has 4 aromatic rings. The average Bonchev–Trinajstić information content (AvgIpc) is 3.17. The van der Waals surface area contributed by atoms with Crippen molar-refractivity contribution in [2.75, 3.05) is 0 Å². The van der Waals surface area contributed by atoms with E-state index in [4.69, 9.17) is 10.00 Å². The van der Waals surface area contributed by atoms with Gasteiger partial charge < -0.3 is 4.74 Å². The molecule has 0 amide bonds. The lowest BCUT2D eigenvalue weighted by Gasteiger charge is -2.12. The molecule has 1 heterocycles. The number of nitrogens with zero attached hydrogens (tertiary/aromatic N) is 2. The van der Waals surface area contributed by atoms with Crippen LogP contribution in [-0.4, -0.2) is 12.4 Å². The van der Waals surface area contributed by atoms with Gasteiger partial charge in [-0.1, -0.05) is 17.7 Å². The minimum atomic E-state index is -3.95. The molecule has 5 nitrogen and oxygen atoms in total. The molecule has 156 valence electrons. The summed E-state index contributed by atoms with van der Waals surface area (Å²) in [5.41, 5.74) is 0.784. The zero-order valence-electron chi connectivity index (χ0n) is 15.9. The smallest absolute Gasteiger partial charge is 0.268 e. The molecular formula is C22H13BrF2N2O3S. The van der Waals surface area contributed by atoms with Gasteiger partial charge in [-0.25, -0.2) is 21.2 Å². The Morgan fingerprint density at radius 1 is 1.03 bits per heavy atom. The van der Waals surface area contributed by atoms with E-state index in [-0.39, 0.29) is 31.9 Å². The van der Waals surface area contributed by atoms with Crippen LogP contribution < -0.4 is 4.74 Å². The van der Waals surface area contributed by atoms with Crippen LogP contribution in [0.15, 0.2) is 70.2 Å². The monoisotopic (exact) mass is 502 g/mol. The number of benzene rings is 3. The minimum absolute atomic E-state index is 0.0589. The van der Waals surface area contributed by atoms with E-state index in [9.17, 15) is 17.2 Å². The number of halogens is 3. The number of hydrogen-bond acceptors (Lipinski definition) is 4. The van der Waals surface area contributed by atoms with Gasteiger partial charge in [0.05, 0.1) is 20.4 Å². The summed E-state index contributed by atoms with van der Waals surface area (Å²) in [6, 6.07) is 14.0. The molecule has 0 radical (unpaired) electrons. The molecule has 0 aliphatic rings. The van der Waals surface area contributed by atoms with Crippen molar-refractivity contribution in [2.45, 2.75) is 11.8 Å². The maximum absolute atomic E-state index is 14.9. The summed E-state index contributed by atoms with van der Waals surface area (Å²) in [7, 11) is -3.95. The first-order valence-electron chi connectivity index (χ1n) is 8.91. The van der Waals surface area contributed by atoms with E-state index >= 15 is 0 Å². The van der Waals surface area contributed by atoms with Crippen LogP contribution in [0.5, 0.6) is 11.5 Å². The van der Waals surface area contributed by atoms with Gasteiger partial charge in [0.2, 0.25) is 0 Å². The number of ether oxygens (including phenoxy) is 1. The summed E-state index contributed by atoms with van der Waals surface area (Å²) in [4.78, 5) is 0.0720. The molecule has 0 unspecified atom stereocenters. The number of fused-ring (bicyclic) bond motifs is 1. The van der Waals surface area contributed by atoms with Crippen molar-refractivity contribution in [3.8, 4) is 17.6 Å². The molecule has 0 saturated heterocycles. The second-order valence-corrected chi connectivity index (χ2v) is 9.33. The third-order valence-electron chi connectivity index (χ3n) is 4.66. The van der Waals surface area contributed by atoms with E-state index in [0.717, 1.165) is 27.7 Å². The highest BCUT2D eigenvalue weighted by Crippen LogP contribution is 2.40. The SMILES string of the molecule is Cc1ccc(S(=O)(=O)n2ccc3c(Br)c(Oc4ccc(F)c(C#N)c4)c(F)cc32)cc1. The van der Waals surface area contributed by atoms with Crippen LogP contribution >= 0.6 is 15.9 Å². The van der Waals surface area contributed by atoms with Gasteiger partial charge in [-0.05, 0) is 53.2 Å². The lowest BCUT2D eigenvalue weighted by Crippen LogP contribution is -2.12. The van der Waals surface area contributed by atoms with E-state index in [1.807, 2.05) is 6.92 Å². The quantitative estimate of drug-likeness (QED) is 0.348. The predicted octanol–water partition coefficient (Wildman–Crippen LogP) is 5.89. The highest BCUT2D eigenvalue weighted by Gasteiger charge is 2.23. The highest BCUT2D eigenvalue weighted by atomic mass is 79.9. The molecule has 0 fully saturated rings. The van der Waals surface area contributed by atoms with E-state index in [2.05, 4.69) is 15.9 Å². The Labute approximate surface area is 185 Å². The number of hydrogen-bond donors (Lipinski definition) is 0. The Morgan fingerprint density at radius 3 is 2.42 bits per heavy atom. The number of aromatic nitrogens is 1. The van der Waals surface area contributed by atoms with Crippen molar-refractivity contribution in [2.24, 2.45) is 0 Å². The Kier molecular flexibility index (Phi) is 5.29. The second-order valence-electron chi connectivity index (χ2n) is 6.72. The molecule has 1 aromatic heterocycles. The van der Waals surface area contributed by atoms with E-state index in [1.54, 1.807) is 18.2 Å². The fourth-order valence-electron chi connectivity index (χ4n) is 3.06. The van der Waals surface area contributed by atoms with Gasteiger partial charge in [-0.3, -0.25) is 0 Å². The molecule has 0 spiro atoms. The lowest BCUT2D eigenvalue weighted by molar-refractivity contribution is 0.439. The van der Waals surface area contributed by atoms with Crippen LogP contribution in [0.1, 0.15) is 11.1 Å². The maximum Gasteiger partial charge on any atom is 0.268 e. The van der Waals surface area contributed by atoms with Crippen LogP contribution in [0, 0.1) is 29.9 Å². The molecular weight excluding hydrogens is 490 g/mol. The van der Waals surface area contributed by atoms with Gasteiger partial charge in [0, 0.05) is 23.7 Å². The molecule has 0 N–H and O–H groups in total. The molecule has 31 heavy (non-hydrogen) atoms. The summed E-state index contributed by atoms with van der Waals surface area (Å²) in [6.07, 6.45) is 1.33. The van der Waals surface area contributed by atoms with Crippen LogP contribution in [0.3, 0.4) is 0 Å². The fourth-order valence-corrected chi connectivity index (χ4v) is 5.01. The Morgan fingerprint density at radius 2 is 1.74 bits per heavy atom. The van der Waals surface area contributed by atoms with Gasteiger partial charge >= 0.3 is 0 Å². The average molecular weight is 503 g/mol. The zero-order valence-corrected chi connectivity index (χ0v) is 18.3. The van der Waals surface area contributed by atoms with Crippen molar-refractivity contribution in [3.05, 3.63) is 88.0 Å². The minimum Gasteiger partial charge on any atom is -0.453 e. The third-order valence-corrected chi connectivity index (χ3v) is 7.15. The van der Waals surface area contributed by atoms with E-state index in [1.165, 1.54) is 30.5 Å². The number of nitriles is 1. The summed E-state index contributed by atoms with van der Waals surface area (Å²) < 4.78 is 61.3. The largest absolute Gasteiger partial charge is 0.453 e. The van der Waals surface area contributed by atoms with Crippen LogP contribution in [0.4, 0.5) is 8.78 Å². The van der Waals surface area contributed by atoms with Crippen LogP contribution in [0.2, 0.25) is 0 Å². The highest BCUT2D eigenvalue weighted by molar-refractivity contribution is 9.10. The first kappa shape index (κ1) is 21.0. The van der Waals surface area contributed by atoms with Gasteiger partial charge in [-0.2, -0.15) is 5.26 Å². The molecule has 0 aliphatic heterocycles. The van der Waals surface area contributed by atoms with E-state index < -0.39 is 21.7 Å². The van der Waals surface area contributed by atoms with Crippen molar-refractivity contribution >= 4 is 36.9 Å². The van der Waals surface area contributed by atoms with Crippen molar-refractivity contribution in [1.29, 1.82) is 5.26 Å². The molecule has 0 aliphatic carbocycles. The molecule has 0 saturated carbocycles. The van der Waals surface area contributed by atoms with Gasteiger partial charge in [0.1, 0.15) is 17.6 Å². The lowest BCUT2D eigenvalue weighted by atomic mass is 10.2. The summed E-state index contributed by atoms with van der Waals surface area (Å²) in [5, 5.41) is 9.36. The Hall–Kier alpha value is -3.22. The van der Waals surface area contributed by atoms with Crippen molar-refractivity contribution in [3.63, 3.8) is 0 Å². The first-order chi connectivity index (χ1) is 14.7. The standard InChI is InChI=1S/C22H13BrF2N2O3S/c1-13-2-5-16(6-3-13)31(28,29)27-9-8-17-20(27)11-19(25)22(21(17)23)30-15-4-7-18(24)14(10-15)12-26/h2-11H,1H3. The number of aryl methyl sites for hydroxylation is 1. The Bertz CT molecular complexity index is 1470.